The summed E-state index contributed by atoms with van der Waals surface area (Å²) in [5.74, 6) is -1.24. The lowest BCUT2D eigenvalue weighted by Crippen LogP contribution is -2.60. The number of hydrogen-bond acceptors (Lipinski definition) is 5. The molecule has 1 aromatic rings. The number of nitrogens with zero attached hydrogens (tertiary/aromatic N) is 3. The second kappa shape index (κ2) is 8.15. The number of carbonyl (C=O) groups is 3. The van der Waals surface area contributed by atoms with Crippen molar-refractivity contribution in [2.75, 3.05) is 44.3 Å². The van der Waals surface area contributed by atoms with Crippen LogP contribution in [0.2, 0.25) is 0 Å². The molecular weight excluding hydrogens is 408 g/mol. The van der Waals surface area contributed by atoms with Gasteiger partial charge < -0.3 is 15.4 Å². The molecule has 3 heterocycles. The Labute approximate surface area is 188 Å². The van der Waals surface area contributed by atoms with Crippen molar-refractivity contribution in [3.05, 3.63) is 29.8 Å². The second-order valence-corrected chi connectivity index (χ2v) is 9.64. The molecule has 0 radical (unpaired) electrons. The third-order valence-corrected chi connectivity index (χ3v) is 8.08. The maximum absolute atomic E-state index is 13.3. The molecule has 4 amide bonds. The lowest BCUT2D eigenvalue weighted by atomic mass is 9.62. The maximum atomic E-state index is 13.3. The molecule has 0 spiro atoms. The van der Waals surface area contributed by atoms with Gasteiger partial charge >= 0.3 is 6.03 Å². The third-order valence-electron chi connectivity index (χ3n) is 8.08. The summed E-state index contributed by atoms with van der Waals surface area (Å²) in [5, 5.41) is 0. The van der Waals surface area contributed by atoms with Crippen molar-refractivity contribution in [2.24, 2.45) is 5.73 Å². The number of rotatable bonds is 6. The molecule has 3 saturated heterocycles. The molecule has 0 aromatic heterocycles. The Hall–Kier alpha value is -2.45. The van der Waals surface area contributed by atoms with Crippen LogP contribution >= 0.6 is 0 Å². The van der Waals surface area contributed by atoms with E-state index in [0.717, 1.165) is 63.4 Å². The quantitative estimate of drug-likeness (QED) is 0.539. The minimum atomic E-state index is -1.53. The monoisotopic (exact) mass is 440 g/mol. The van der Waals surface area contributed by atoms with Crippen LogP contribution in [0, 0.1) is 0 Å². The van der Waals surface area contributed by atoms with Crippen LogP contribution in [0.5, 0.6) is 0 Å². The normalized spacial score (nSPS) is 27.9. The van der Waals surface area contributed by atoms with Crippen LogP contribution in [0.4, 0.5) is 10.5 Å². The first-order chi connectivity index (χ1) is 15.5. The van der Waals surface area contributed by atoms with E-state index in [-0.39, 0.29) is 5.41 Å². The standard InChI is InChI=1S/C24H32N4O4/c25-20(29)24-10-1-2-12-27(24)22(31)28(21(24)30)19-6-4-18(5-7-19)23(8-3-9-23)11-13-26-14-16-32-17-15-26/h4-7H,1-3,8-17H2,(H2,25,29)/t24-/m0/s1. The fourth-order valence-corrected chi connectivity index (χ4v) is 5.89. The van der Waals surface area contributed by atoms with Crippen LogP contribution in [0.1, 0.15) is 50.5 Å². The van der Waals surface area contributed by atoms with E-state index in [0.29, 0.717) is 25.1 Å². The Balaban J connectivity index is 1.35. The highest BCUT2D eigenvalue weighted by Crippen LogP contribution is 2.47. The van der Waals surface area contributed by atoms with E-state index in [4.69, 9.17) is 10.5 Å². The Morgan fingerprint density at radius 1 is 0.969 bits per heavy atom. The first-order valence-corrected chi connectivity index (χ1v) is 11.8. The number of hydrogen-bond donors (Lipinski definition) is 1. The zero-order valence-electron chi connectivity index (χ0n) is 18.6. The first-order valence-electron chi connectivity index (χ1n) is 11.8. The van der Waals surface area contributed by atoms with Gasteiger partial charge in [-0.15, -0.1) is 0 Å². The minimum absolute atomic E-state index is 0.168. The molecule has 8 heteroatoms. The Kier molecular flexibility index (Phi) is 5.45. The fraction of sp³-hybridized carbons (Fsp3) is 0.625. The number of benzene rings is 1. The summed E-state index contributed by atoms with van der Waals surface area (Å²) in [4.78, 5) is 43.7. The molecule has 1 atom stereocenters. The Morgan fingerprint density at radius 2 is 1.69 bits per heavy atom. The van der Waals surface area contributed by atoms with Gasteiger partial charge in [0.1, 0.15) is 0 Å². The van der Waals surface area contributed by atoms with Crippen molar-refractivity contribution >= 4 is 23.5 Å². The highest BCUT2D eigenvalue weighted by atomic mass is 16.5. The third kappa shape index (κ3) is 3.23. The number of morpholine rings is 1. The van der Waals surface area contributed by atoms with Gasteiger partial charge in [-0.25, -0.2) is 9.69 Å². The molecule has 0 unspecified atom stereocenters. The van der Waals surface area contributed by atoms with Crippen LogP contribution in [0.3, 0.4) is 0 Å². The summed E-state index contributed by atoms with van der Waals surface area (Å²) in [7, 11) is 0. The molecule has 172 valence electrons. The SMILES string of the molecule is NC(=O)[C@]12CCCCN1C(=O)N(c1ccc(C3(CCN4CCOCC4)CCC3)cc1)C2=O. The summed E-state index contributed by atoms with van der Waals surface area (Å²) in [5.41, 5.74) is 6.07. The highest BCUT2D eigenvalue weighted by Gasteiger charge is 2.62. The number of nitrogens with two attached hydrogens (primary N) is 1. The van der Waals surface area contributed by atoms with Gasteiger partial charge in [0, 0.05) is 19.6 Å². The lowest BCUT2D eigenvalue weighted by Gasteiger charge is -2.44. The van der Waals surface area contributed by atoms with Gasteiger partial charge in [-0.3, -0.25) is 14.5 Å². The van der Waals surface area contributed by atoms with Gasteiger partial charge in [0.2, 0.25) is 5.54 Å². The van der Waals surface area contributed by atoms with E-state index < -0.39 is 23.4 Å². The number of urea groups is 1. The van der Waals surface area contributed by atoms with E-state index in [1.165, 1.54) is 16.9 Å². The molecule has 32 heavy (non-hydrogen) atoms. The molecule has 4 aliphatic rings. The maximum Gasteiger partial charge on any atom is 0.332 e. The Morgan fingerprint density at radius 3 is 2.28 bits per heavy atom. The van der Waals surface area contributed by atoms with Crippen LogP contribution in [0.25, 0.3) is 0 Å². The van der Waals surface area contributed by atoms with Gasteiger partial charge in [0.25, 0.3) is 11.8 Å². The van der Waals surface area contributed by atoms with E-state index >= 15 is 0 Å². The first kappa shape index (κ1) is 21.4. The van der Waals surface area contributed by atoms with Gasteiger partial charge in [-0.1, -0.05) is 18.6 Å². The van der Waals surface area contributed by atoms with Crippen molar-refractivity contribution in [3.8, 4) is 0 Å². The van der Waals surface area contributed by atoms with Gasteiger partial charge in [-0.05, 0) is 68.2 Å². The predicted molar refractivity (Wildman–Crippen MR) is 119 cm³/mol. The zero-order chi connectivity index (χ0) is 22.3. The number of primary amides is 1. The van der Waals surface area contributed by atoms with Crippen LogP contribution in [-0.2, 0) is 19.7 Å². The average Bonchev–Trinajstić information content (AvgIpc) is 3.02. The summed E-state index contributed by atoms with van der Waals surface area (Å²) in [6, 6.07) is 7.39. The molecular formula is C24H32N4O4. The van der Waals surface area contributed by atoms with E-state index in [1.54, 1.807) is 0 Å². The van der Waals surface area contributed by atoms with Crippen molar-refractivity contribution in [1.29, 1.82) is 0 Å². The van der Waals surface area contributed by atoms with Crippen LogP contribution in [-0.4, -0.2) is 72.6 Å². The number of fused-ring (bicyclic) bond motifs is 1. The second-order valence-electron chi connectivity index (χ2n) is 9.64. The molecule has 4 fully saturated rings. The van der Waals surface area contributed by atoms with E-state index in [2.05, 4.69) is 17.0 Å². The van der Waals surface area contributed by atoms with Gasteiger partial charge in [0.15, 0.2) is 0 Å². The molecule has 1 aromatic carbocycles. The fourth-order valence-electron chi connectivity index (χ4n) is 5.89. The van der Waals surface area contributed by atoms with Gasteiger partial charge in [0.05, 0.1) is 18.9 Å². The highest BCUT2D eigenvalue weighted by molar-refractivity contribution is 6.30. The Bertz CT molecular complexity index is 907. The average molecular weight is 441 g/mol. The van der Waals surface area contributed by atoms with Crippen molar-refractivity contribution < 1.29 is 19.1 Å². The summed E-state index contributed by atoms with van der Waals surface area (Å²) >= 11 is 0. The number of anilines is 1. The van der Waals surface area contributed by atoms with E-state index in [1.807, 2.05) is 12.1 Å². The van der Waals surface area contributed by atoms with Crippen molar-refractivity contribution in [3.63, 3.8) is 0 Å². The topological polar surface area (TPSA) is 96.2 Å². The number of carbonyl (C=O) groups excluding carboxylic acids is 3. The van der Waals surface area contributed by atoms with Crippen molar-refractivity contribution in [2.45, 2.75) is 55.9 Å². The molecule has 0 bridgehead atoms. The molecule has 1 aliphatic carbocycles. The molecule has 5 rings (SSSR count). The smallest absolute Gasteiger partial charge is 0.332 e. The number of amides is 4. The summed E-state index contributed by atoms with van der Waals surface area (Å²) in [6.07, 6.45) is 6.43. The largest absolute Gasteiger partial charge is 0.379 e. The number of ether oxygens (including phenoxy) is 1. The lowest BCUT2D eigenvalue weighted by molar-refractivity contribution is -0.139. The minimum Gasteiger partial charge on any atom is -0.379 e. The molecule has 8 nitrogen and oxygen atoms in total. The van der Waals surface area contributed by atoms with Crippen molar-refractivity contribution in [1.82, 2.24) is 9.80 Å². The zero-order valence-corrected chi connectivity index (χ0v) is 18.6. The van der Waals surface area contributed by atoms with Gasteiger partial charge in [-0.2, -0.15) is 0 Å². The number of imide groups is 1. The molecule has 1 saturated carbocycles. The van der Waals surface area contributed by atoms with Crippen LogP contribution < -0.4 is 10.6 Å². The molecule has 3 aliphatic heterocycles. The van der Waals surface area contributed by atoms with E-state index in [9.17, 15) is 14.4 Å². The summed E-state index contributed by atoms with van der Waals surface area (Å²) in [6.45, 7) is 5.04. The van der Waals surface area contributed by atoms with Crippen LogP contribution in [0.15, 0.2) is 24.3 Å². The molecule has 2 N–H and O–H groups in total. The number of piperidine rings is 1. The summed E-state index contributed by atoms with van der Waals surface area (Å²) < 4.78 is 5.46. The predicted octanol–water partition coefficient (Wildman–Crippen LogP) is 2.01.